The van der Waals surface area contributed by atoms with Crippen LogP contribution in [-0.2, 0) is 5.75 Å². The molecule has 0 aliphatic rings. The fourth-order valence-electron chi connectivity index (χ4n) is 2.03. The molecule has 1 heterocycles. The van der Waals surface area contributed by atoms with Crippen molar-refractivity contribution in [3.05, 3.63) is 53.6 Å². The molecule has 0 aliphatic carbocycles. The number of thioether (sulfide) groups is 1. The van der Waals surface area contributed by atoms with Crippen LogP contribution in [0.5, 0.6) is 17.2 Å². The van der Waals surface area contributed by atoms with E-state index in [1.54, 1.807) is 13.2 Å². The number of nitrogens with one attached hydrogen (secondary N) is 2. The summed E-state index contributed by atoms with van der Waals surface area (Å²) in [6.45, 7) is 0. The monoisotopic (exact) mass is 371 g/mol. The summed E-state index contributed by atoms with van der Waals surface area (Å²) in [7, 11) is 1.64. The van der Waals surface area contributed by atoms with Crippen molar-refractivity contribution < 1.29 is 14.9 Å². The van der Waals surface area contributed by atoms with Crippen LogP contribution in [0.3, 0.4) is 0 Å². The van der Waals surface area contributed by atoms with Gasteiger partial charge in [0, 0.05) is 17.4 Å². The van der Waals surface area contributed by atoms with E-state index in [0.29, 0.717) is 16.7 Å². The van der Waals surface area contributed by atoms with Crippen molar-refractivity contribution in [2.24, 2.45) is 5.10 Å². The van der Waals surface area contributed by atoms with Crippen LogP contribution >= 0.6 is 11.8 Å². The van der Waals surface area contributed by atoms with Crippen molar-refractivity contribution in [2.75, 3.05) is 12.5 Å². The molecule has 2 aromatic carbocycles. The van der Waals surface area contributed by atoms with Gasteiger partial charge in [0.05, 0.1) is 13.3 Å². The molecule has 8 nitrogen and oxygen atoms in total. The summed E-state index contributed by atoms with van der Waals surface area (Å²) >= 11 is 1.49. The van der Waals surface area contributed by atoms with Gasteiger partial charge in [0.1, 0.15) is 17.2 Å². The number of aromatic amines is 1. The lowest BCUT2D eigenvalue weighted by molar-refractivity contribution is 0.414. The number of aromatic hydroxyl groups is 2. The second-order valence-electron chi connectivity index (χ2n) is 5.22. The van der Waals surface area contributed by atoms with Crippen LogP contribution in [0.25, 0.3) is 0 Å². The molecule has 0 spiro atoms. The Kier molecular flexibility index (Phi) is 5.59. The Hall–Kier alpha value is -3.20. The highest BCUT2D eigenvalue weighted by atomic mass is 32.2. The van der Waals surface area contributed by atoms with E-state index in [9.17, 15) is 10.2 Å². The Bertz CT molecular complexity index is 896. The van der Waals surface area contributed by atoms with Crippen molar-refractivity contribution in [3.63, 3.8) is 0 Å². The maximum atomic E-state index is 9.68. The van der Waals surface area contributed by atoms with Gasteiger partial charge in [0.25, 0.3) is 0 Å². The van der Waals surface area contributed by atoms with Gasteiger partial charge in [0.15, 0.2) is 0 Å². The van der Waals surface area contributed by atoms with Crippen LogP contribution in [-0.4, -0.2) is 38.7 Å². The number of H-pyrrole nitrogens is 1. The first-order chi connectivity index (χ1) is 12.6. The fourth-order valence-corrected chi connectivity index (χ4v) is 2.79. The number of hydrogen-bond donors (Lipinski definition) is 4. The Morgan fingerprint density at radius 2 is 2.04 bits per heavy atom. The van der Waals surface area contributed by atoms with Gasteiger partial charge < -0.3 is 14.9 Å². The molecule has 3 rings (SSSR count). The maximum absolute atomic E-state index is 9.68. The number of hydrogen-bond acceptors (Lipinski definition) is 8. The van der Waals surface area contributed by atoms with Gasteiger partial charge in [-0.05, 0) is 29.8 Å². The van der Waals surface area contributed by atoms with Crippen LogP contribution in [0.4, 0.5) is 5.95 Å². The molecular weight excluding hydrogens is 354 g/mol. The molecule has 0 aliphatic heterocycles. The van der Waals surface area contributed by atoms with Crippen molar-refractivity contribution in [2.45, 2.75) is 10.9 Å². The summed E-state index contributed by atoms with van der Waals surface area (Å²) in [4.78, 5) is 4.27. The van der Waals surface area contributed by atoms with E-state index < -0.39 is 0 Å². The third-order valence-electron chi connectivity index (χ3n) is 3.38. The molecule has 3 aromatic rings. The van der Waals surface area contributed by atoms with Gasteiger partial charge in [-0.3, -0.25) is 0 Å². The third kappa shape index (κ3) is 4.67. The van der Waals surface area contributed by atoms with E-state index in [4.69, 9.17) is 4.74 Å². The number of ether oxygens (including phenoxy) is 1. The number of hydrazone groups is 1. The minimum Gasteiger partial charge on any atom is -0.508 e. The quantitative estimate of drug-likeness (QED) is 0.287. The van der Waals surface area contributed by atoms with E-state index in [0.717, 1.165) is 17.1 Å². The first kappa shape index (κ1) is 17.6. The van der Waals surface area contributed by atoms with Crippen molar-refractivity contribution >= 4 is 23.9 Å². The van der Waals surface area contributed by atoms with Crippen molar-refractivity contribution in [3.8, 4) is 17.2 Å². The molecule has 134 valence electrons. The highest BCUT2D eigenvalue weighted by Gasteiger charge is 2.04. The van der Waals surface area contributed by atoms with Gasteiger partial charge in [0.2, 0.25) is 11.1 Å². The molecule has 0 amide bonds. The number of phenolic OH excluding ortho intramolecular Hbond substituents is 2. The number of nitrogens with zero attached hydrogens (tertiary/aromatic N) is 3. The SMILES string of the molecule is COc1ccc(CSc2n[nH]c(N/N=C\c3ccc(O)cc3O)n2)cc1. The number of anilines is 1. The lowest BCUT2D eigenvalue weighted by Gasteiger charge is -2.01. The lowest BCUT2D eigenvalue weighted by atomic mass is 10.2. The topological polar surface area (TPSA) is 116 Å². The predicted octanol–water partition coefficient (Wildman–Crippen LogP) is 2.96. The summed E-state index contributed by atoms with van der Waals surface area (Å²) in [5.41, 5.74) is 4.30. The second-order valence-corrected chi connectivity index (χ2v) is 6.16. The summed E-state index contributed by atoms with van der Waals surface area (Å²) in [5, 5.41) is 30.3. The summed E-state index contributed by atoms with van der Waals surface area (Å²) in [5.74, 6) is 1.86. The van der Waals surface area contributed by atoms with E-state index in [1.807, 2.05) is 24.3 Å². The molecule has 0 radical (unpaired) electrons. The van der Waals surface area contributed by atoms with Gasteiger partial charge in [-0.25, -0.2) is 10.5 Å². The van der Waals surface area contributed by atoms with Gasteiger partial charge in [-0.2, -0.15) is 10.1 Å². The van der Waals surface area contributed by atoms with Crippen LogP contribution in [0.2, 0.25) is 0 Å². The molecule has 26 heavy (non-hydrogen) atoms. The van der Waals surface area contributed by atoms with Crippen molar-refractivity contribution in [1.82, 2.24) is 15.2 Å². The molecule has 4 N–H and O–H groups in total. The molecule has 0 atom stereocenters. The van der Waals surface area contributed by atoms with Crippen LogP contribution < -0.4 is 10.2 Å². The van der Waals surface area contributed by atoms with E-state index in [2.05, 4.69) is 25.7 Å². The highest BCUT2D eigenvalue weighted by Crippen LogP contribution is 2.22. The van der Waals surface area contributed by atoms with Crippen LogP contribution in [0.1, 0.15) is 11.1 Å². The first-order valence-electron chi connectivity index (χ1n) is 7.63. The molecule has 0 bridgehead atoms. The van der Waals surface area contributed by atoms with Gasteiger partial charge in [-0.15, -0.1) is 5.10 Å². The number of phenols is 2. The Morgan fingerprint density at radius 3 is 2.77 bits per heavy atom. The van der Waals surface area contributed by atoms with E-state index >= 15 is 0 Å². The predicted molar refractivity (Wildman–Crippen MR) is 99.9 cm³/mol. The highest BCUT2D eigenvalue weighted by molar-refractivity contribution is 7.98. The number of aromatic nitrogens is 3. The lowest BCUT2D eigenvalue weighted by Crippen LogP contribution is -1.92. The standard InChI is InChI=1S/C17H17N5O3S/c1-25-14-6-2-11(3-7-14)10-26-17-19-16(21-22-17)20-18-9-12-4-5-13(23)8-15(12)24/h2-9,23-24H,10H2,1H3,(H2,19,20,21,22)/b18-9-. The largest absolute Gasteiger partial charge is 0.508 e. The van der Waals surface area contributed by atoms with Crippen LogP contribution in [0.15, 0.2) is 52.7 Å². The molecule has 0 saturated heterocycles. The van der Waals surface area contributed by atoms with Gasteiger partial charge in [-0.1, -0.05) is 23.9 Å². The van der Waals surface area contributed by atoms with Gasteiger partial charge >= 0.3 is 0 Å². The normalized spacial score (nSPS) is 11.0. The molecule has 0 saturated carbocycles. The molecular formula is C17H17N5O3S. The average molecular weight is 371 g/mol. The summed E-state index contributed by atoms with van der Waals surface area (Å²) in [6.07, 6.45) is 1.42. The van der Waals surface area contributed by atoms with Crippen LogP contribution in [0, 0.1) is 0 Å². The zero-order valence-electron chi connectivity index (χ0n) is 13.9. The summed E-state index contributed by atoms with van der Waals surface area (Å²) in [6, 6.07) is 12.1. The Labute approximate surface area is 153 Å². The zero-order valence-corrected chi connectivity index (χ0v) is 14.7. The van der Waals surface area contributed by atoms with Crippen molar-refractivity contribution in [1.29, 1.82) is 0 Å². The minimum absolute atomic E-state index is 0.0126. The van der Waals surface area contributed by atoms with E-state index in [1.165, 1.54) is 30.1 Å². The number of methoxy groups -OCH3 is 1. The maximum Gasteiger partial charge on any atom is 0.240 e. The third-order valence-corrected chi connectivity index (χ3v) is 4.30. The number of benzene rings is 2. The molecule has 9 heteroatoms. The fraction of sp³-hybridized carbons (Fsp3) is 0.118. The Balaban J connectivity index is 1.53. The molecule has 1 aromatic heterocycles. The molecule has 0 fully saturated rings. The Morgan fingerprint density at radius 1 is 1.23 bits per heavy atom. The molecule has 0 unspecified atom stereocenters. The number of rotatable bonds is 7. The zero-order chi connectivity index (χ0) is 18.4. The summed E-state index contributed by atoms with van der Waals surface area (Å²) < 4.78 is 5.13. The second kappa shape index (κ2) is 8.26. The first-order valence-corrected chi connectivity index (χ1v) is 8.62. The average Bonchev–Trinajstić information content (AvgIpc) is 3.10. The van der Waals surface area contributed by atoms with E-state index in [-0.39, 0.29) is 11.5 Å². The minimum atomic E-state index is -0.0659. The smallest absolute Gasteiger partial charge is 0.240 e.